The Morgan fingerprint density at radius 2 is 1.06 bits per heavy atom. The predicted molar refractivity (Wildman–Crippen MR) is 269 cm³/mol. The smallest absolute Gasteiger partial charge is 0.744 e. The Kier molecular flexibility index (Phi) is 21.9. The maximum atomic E-state index is 13.7. The molecule has 0 bridgehead atoms. The molecule has 394 valence electrons. The molecule has 5 N–H and O–H groups in total. The third-order valence-electron chi connectivity index (χ3n) is 12.3. The summed E-state index contributed by atoms with van der Waals surface area (Å²) in [5.41, 5.74) is 0.635. The van der Waals surface area contributed by atoms with Crippen molar-refractivity contribution < 1.29 is 195 Å². The average Bonchev–Trinajstić information content (AvgIpc) is 3.32. The fourth-order valence-corrected chi connectivity index (χ4v) is 12.5. The zero-order chi connectivity index (χ0) is 55.7. The van der Waals surface area contributed by atoms with E-state index in [1.807, 2.05) is 0 Å². The van der Waals surface area contributed by atoms with Crippen LogP contribution in [0.15, 0.2) is 126 Å². The summed E-state index contributed by atoms with van der Waals surface area (Å²) in [5, 5.41) is 45.8. The number of aryl methyl sites for hydroxylation is 4. The summed E-state index contributed by atoms with van der Waals surface area (Å²) in [7, 11) is -19.8. The number of sulfonamides is 2. The zero-order valence-electron chi connectivity index (χ0n) is 44.3. The summed E-state index contributed by atoms with van der Waals surface area (Å²) < 4.78 is 144. The van der Waals surface area contributed by atoms with Gasteiger partial charge in [0.2, 0.25) is 0 Å². The number of carbonyl (C=O) groups excluding carboxylic acids is 2. The molecule has 0 radical (unpaired) electrons. The van der Waals surface area contributed by atoms with E-state index in [4.69, 9.17) is 4.42 Å². The van der Waals surface area contributed by atoms with E-state index in [0.29, 0.717) is 39.6 Å². The van der Waals surface area contributed by atoms with E-state index in [0.717, 1.165) is 48.5 Å². The molecule has 80 heavy (non-hydrogen) atoms. The van der Waals surface area contributed by atoms with Gasteiger partial charge < -0.3 is 48.9 Å². The van der Waals surface area contributed by atoms with Crippen molar-refractivity contribution in [2.45, 2.75) is 61.1 Å². The van der Waals surface area contributed by atoms with E-state index < -0.39 is 99.8 Å². The van der Waals surface area contributed by atoms with Gasteiger partial charge in [0.15, 0.2) is 0 Å². The van der Waals surface area contributed by atoms with Crippen LogP contribution in [0.1, 0.15) is 54.1 Å². The second kappa shape index (κ2) is 25.7. The Morgan fingerprint density at radius 1 is 0.575 bits per heavy atom. The number of aromatic hydroxyl groups is 2. The predicted octanol–water partition coefficient (Wildman–Crippen LogP) is -6.60. The first kappa shape index (κ1) is 68.2. The number of phenols is 2. The summed E-state index contributed by atoms with van der Waals surface area (Å²) in [6.07, 6.45) is 0. The molecular formula is C51H39N4Na4O17S4-. The molecule has 0 aromatic heterocycles. The SMILES string of the molecule is Cc1cc(C)c(NS(=O)(=O)c2ccc(O)c(C(=O)[O-])c2)c(C)c1N=c1cc2oc3cc(Nc4c(C)cc(C)c(NS(=O)(=O)c5ccc(O)c(C(=O)[O-])c5)c4C)[c-]cc3c(-c3ccccc3S(=O)(=O)[O-])c-2cc1S(=O)(=O)[O-].[Na+].[Na+].[Na+].[Na+]. The van der Waals surface area contributed by atoms with Gasteiger partial charge in [-0.2, -0.15) is 12.1 Å². The van der Waals surface area contributed by atoms with Crippen LogP contribution in [-0.4, -0.2) is 64.9 Å². The summed E-state index contributed by atoms with van der Waals surface area (Å²) in [5.74, 6) is -5.32. The second-order valence-electron chi connectivity index (χ2n) is 17.4. The van der Waals surface area contributed by atoms with Crippen LogP contribution < -0.4 is 149 Å². The number of benzene rings is 7. The van der Waals surface area contributed by atoms with Crippen molar-refractivity contribution in [2.24, 2.45) is 4.99 Å². The maximum Gasteiger partial charge on any atom is 1.00 e. The summed E-state index contributed by atoms with van der Waals surface area (Å²) in [6, 6.07) is 21.1. The molecule has 2 aliphatic rings. The molecule has 6 aromatic carbocycles. The van der Waals surface area contributed by atoms with Crippen LogP contribution in [0.3, 0.4) is 0 Å². The van der Waals surface area contributed by atoms with Crippen molar-refractivity contribution >= 4 is 91.6 Å². The topological polar surface area (TPSA) is 365 Å². The number of carboxylic acids is 2. The summed E-state index contributed by atoms with van der Waals surface area (Å²) >= 11 is 0. The number of anilines is 4. The third kappa shape index (κ3) is 13.8. The largest absolute Gasteiger partial charge is 1.00 e. The molecule has 1 aliphatic carbocycles. The molecule has 0 fully saturated rings. The van der Waals surface area contributed by atoms with Crippen LogP contribution in [-0.2, 0) is 40.3 Å². The fraction of sp³-hybridized carbons (Fsp3) is 0.118. The number of nitrogens with one attached hydrogen (secondary N) is 3. The number of rotatable bonds is 14. The van der Waals surface area contributed by atoms with Gasteiger partial charge in [-0.25, -0.2) is 38.7 Å². The molecule has 0 saturated heterocycles. The van der Waals surface area contributed by atoms with Gasteiger partial charge in [0.25, 0.3) is 20.0 Å². The Hall–Kier alpha value is -4.33. The minimum atomic E-state index is -5.50. The van der Waals surface area contributed by atoms with Crippen LogP contribution in [0.4, 0.5) is 28.4 Å². The van der Waals surface area contributed by atoms with Crippen LogP contribution in [0.25, 0.3) is 33.4 Å². The molecule has 0 spiro atoms. The van der Waals surface area contributed by atoms with Gasteiger partial charge in [0.1, 0.15) is 37.5 Å². The average molecular weight is 1200 g/mol. The van der Waals surface area contributed by atoms with E-state index in [-0.39, 0.29) is 180 Å². The summed E-state index contributed by atoms with van der Waals surface area (Å²) in [4.78, 5) is 25.0. The van der Waals surface area contributed by atoms with Crippen molar-refractivity contribution in [2.75, 3.05) is 14.8 Å². The van der Waals surface area contributed by atoms with Crippen molar-refractivity contribution in [3.8, 4) is 33.9 Å². The van der Waals surface area contributed by atoms with E-state index in [9.17, 15) is 72.8 Å². The quantitative estimate of drug-likeness (QED) is 0.0292. The normalized spacial score (nSPS) is 11.9. The number of nitrogens with zero attached hydrogens (tertiary/aromatic N) is 1. The monoisotopic (exact) mass is 1200 g/mol. The second-order valence-corrected chi connectivity index (χ2v) is 23.5. The van der Waals surface area contributed by atoms with E-state index in [1.165, 1.54) is 43.3 Å². The van der Waals surface area contributed by atoms with Gasteiger partial charge in [-0.05, 0) is 129 Å². The fourth-order valence-electron chi connectivity index (χ4n) is 8.76. The molecule has 1 heterocycles. The van der Waals surface area contributed by atoms with Crippen LogP contribution in [0.2, 0.25) is 0 Å². The van der Waals surface area contributed by atoms with Crippen molar-refractivity contribution in [3.63, 3.8) is 0 Å². The van der Waals surface area contributed by atoms with Crippen LogP contribution in [0.5, 0.6) is 11.5 Å². The zero-order valence-corrected chi connectivity index (χ0v) is 55.6. The molecule has 0 atom stereocenters. The Morgan fingerprint density at radius 3 is 1.57 bits per heavy atom. The third-order valence-corrected chi connectivity index (χ3v) is 16.7. The molecule has 29 heteroatoms. The number of hydrogen-bond donors (Lipinski definition) is 5. The number of carboxylic acid groups (broad SMARTS) is 2. The van der Waals surface area contributed by atoms with Crippen molar-refractivity contribution in [1.82, 2.24) is 0 Å². The van der Waals surface area contributed by atoms with Gasteiger partial charge in [0, 0.05) is 34.0 Å². The first-order chi connectivity index (χ1) is 35.4. The van der Waals surface area contributed by atoms with Gasteiger partial charge in [0.05, 0.1) is 53.9 Å². The summed E-state index contributed by atoms with van der Waals surface area (Å²) in [6.45, 7) is 9.48. The van der Waals surface area contributed by atoms with Crippen LogP contribution in [0, 0.1) is 47.6 Å². The molecule has 8 rings (SSSR count). The van der Waals surface area contributed by atoms with Gasteiger partial charge in [-0.3, -0.25) is 9.44 Å². The number of fused-ring (bicyclic) bond motifs is 2. The molecule has 0 amide bonds. The van der Waals surface area contributed by atoms with Crippen molar-refractivity contribution in [3.05, 3.63) is 153 Å². The Balaban J connectivity index is 0.00000344. The Bertz CT molecular complexity index is 4370. The minimum Gasteiger partial charge on any atom is -0.744 e. The van der Waals surface area contributed by atoms with Crippen LogP contribution >= 0.6 is 0 Å². The number of aromatic carboxylic acids is 2. The minimum absolute atomic E-state index is 0. The molecule has 6 aromatic rings. The molecule has 0 unspecified atom stereocenters. The molecule has 1 aliphatic heterocycles. The maximum absolute atomic E-state index is 13.7. The van der Waals surface area contributed by atoms with Gasteiger partial charge >= 0.3 is 118 Å². The first-order valence-electron chi connectivity index (χ1n) is 22.0. The number of hydrogen-bond acceptors (Lipinski definition) is 19. The molecule has 21 nitrogen and oxygen atoms in total. The van der Waals surface area contributed by atoms with E-state index in [2.05, 4.69) is 25.8 Å². The first-order valence-corrected chi connectivity index (χ1v) is 27.8. The number of carbonyl (C=O) groups is 2. The molecular weight excluding hydrogens is 1160 g/mol. The van der Waals surface area contributed by atoms with Gasteiger partial charge in [-0.1, -0.05) is 47.0 Å². The Labute approximate surface area is 548 Å². The van der Waals surface area contributed by atoms with E-state index >= 15 is 0 Å². The van der Waals surface area contributed by atoms with Crippen molar-refractivity contribution in [1.29, 1.82) is 0 Å². The van der Waals surface area contributed by atoms with E-state index in [1.54, 1.807) is 40.7 Å². The molecule has 0 saturated carbocycles. The standard InChI is InChI=1S/C51H43N4O17S4.4Na/c1-24-17-26(3)48(54-73(62,63)31-12-15-39(56)35(20-31)50(58)59)28(5)46(24)52-30-11-14-33-41(19-30)72-42-23-38(44(76(69,70)71)22-37(42)45(33)34-9-7-8-10-43(34)75(66,67)68)53-47-25(2)18-27(4)49(29(47)6)55-74(64,65)32-13-16-40(57)36(21-32)51(60)61;;;;/h7-10,12-23,52,54-57H,1-6H3,(H,58,59)(H,60,61)(H,66,67,68)(H,69,70,71);;;;/q-1;4*+1/p-4. The van der Waals surface area contributed by atoms with Gasteiger partial charge in [-0.15, -0.1) is 6.07 Å².